The lowest BCUT2D eigenvalue weighted by Crippen LogP contribution is -2.41. The quantitative estimate of drug-likeness (QED) is 0.869. The van der Waals surface area contributed by atoms with E-state index >= 15 is 0 Å². The van der Waals surface area contributed by atoms with E-state index in [4.69, 9.17) is 5.73 Å². The normalized spacial score (nSPS) is 27.8. The maximum atomic E-state index is 13.2. The summed E-state index contributed by atoms with van der Waals surface area (Å²) in [5, 5.41) is 0. The highest BCUT2D eigenvalue weighted by Gasteiger charge is 2.35. The van der Waals surface area contributed by atoms with Gasteiger partial charge in [-0.3, -0.25) is 0 Å². The standard InChI is InChI=1S/C15H20FN3/c1-2-10-5-7-15(17,8-6-10)14-18-12-4-3-11(16)9-13(12)19-14/h3-4,9-10H,2,5-8,17H2,1H3,(H,18,19). The van der Waals surface area contributed by atoms with Crippen molar-refractivity contribution in [2.75, 3.05) is 0 Å². The molecule has 4 heteroatoms. The molecular weight excluding hydrogens is 241 g/mol. The number of rotatable bonds is 2. The van der Waals surface area contributed by atoms with Gasteiger partial charge >= 0.3 is 0 Å². The van der Waals surface area contributed by atoms with Crippen LogP contribution in [0.1, 0.15) is 44.9 Å². The van der Waals surface area contributed by atoms with Crippen molar-refractivity contribution in [3.05, 3.63) is 29.8 Å². The van der Waals surface area contributed by atoms with E-state index in [9.17, 15) is 4.39 Å². The molecule has 2 aromatic rings. The molecule has 1 aliphatic rings. The minimum Gasteiger partial charge on any atom is -0.340 e. The molecule has 1 saturated carbocycles. The molecule has 0 saturated heterocycles. The van der Waals surface area contributed by atoms with E-state index in [0.717, 1.165) is 48.5 Å². The van der Waals surface area contributed by atoms with Gasteiger partial charge in [-0.1, -0.05) is 13.3 Å². The maximum Gasteiger partial charge on any atom is 0.127 e. The van der Waals surface area contributed by atoms with Crippen molar-refractivity contribution < 1.29 is 4.39 Å². The number of hydrogen-bond acceptors (Lipinski definition) is 2. The molecule has 1 aliphatic carbocycles. The van der Waals surface area contributed by atoms with E-state index in [1.807, 2.05) is 0 Å². The van der Waals surface area contributed by atoms with Gasteiger partial charge in [0, 0.05) is 0 Å². The Morgan fingerprint density at radius 2 is 2.16 bits per heavy atom. The third-order valence-electron chi connectivity index (χ3n) is 4.49. The molecule has 0 aliphatic heterocycles. The molecule has 0 unspecified atom stereocenters. The molecular formula is C15H20FN3. The Labute approximate surface area is 112 Å². The van der Waals surface area contributed by atoms with Gasteiger partial charge in [-0.05, 0) is 49.8 Å². The number of aromatic amines is 1. The smallest absolute Gasteiger partial charge is 0.127 e. The first kappa shape index (κ1) is 12.6. The second-order valence-electron chi connectivity index (χ2n) is 5.75. The molecule has 0 bridgehead atoms. The van der Waals surface area contributed by atoms with Crippen LogP contribution < -0.4 is 5.73 Å². The number of nitrogens with zero attached hydrogens (tertiary/aromatic N) is 1. The summed E-state index contributed by atoms with van der Waals surface area (Å²) in [6.07, 6.45) is 5.43. The van der Waals surface area contributed by atoms with Crippen molar-refractivity contribution >= 4 is 11.0 Å². The summed E-state index contributed by atoms with van der Waals surface area (Å²) in [6, 6.07) is 4.61. The Balaban J connectivity index is 1.91. The van der Waals surface area contributed by atoms with Crippen molar-refractivity contribution in [2.24, 2.45) is 11.7 Å². The average Bonchev–Trinajstić information content (AvgIpc) is 2.83. The Morgan fingerprint density at radius 3 is 2.84 bits per heavy atom. The Hall–Kier alpha value is -1.42. The maximum absolute atomic E-state index is 13.2. The van der Waals surface area contributed by atoms with Crippen molar-refractivity contribution in [3.8, 4) is 0 Å². The minimum atomic E-state index is -0.374. The van der Waals surface area contributed by atoms with Crippen molar-refractivity contribution in [2.45, 2.75) is 44.6 Å². The summed E-state index contributed by atoms with van der Waals surface area (Å²) in [4.78, 5) is 7.76. The van der Waals surface area contributed by atoms with E-state index in [1.165, 1.54) is 18.6 Å². The number of aromatic nitrogens is 2. The van der Waals surface area contributed by atoms with Crippen molar-refractivity contribution in [3.63, 3.8) is 0 Å². The van der Waals surface area contributed by atoms with Crippen LogP contribution in [0, 0.1) is 11.7 Å². The van der Waals surface area contributed by atoms with Crippen LogP contribution in [-0.4, -0.2) is 9.97 Å². The molecule has 0 atom stereocenters. The van der Waals surface area contributed by atoms with Crippen LogP contribution in [0.3, 0.4) is 0 Å². The van der Waals surface area contributed by atoms with Gasteiger partial charge in [0.15, 0.2) is 0 Å². The van der Waals surface area contributed by atoms with Crippen molar-refractivity contribution in [1.29, 1.82) is 0 Å². The minimum absolute atomic E-state index is 0.247. The van der Waals surface area contributed by atoms with E-state index in [2.05, 4.69) is 16.9 Å². The highest BCUT2D eigenvalue weighted by molar-refractivity contribution is 5.75. The highest BCUT2D eigenvalue weighted by Crippen LogP contribution is 2.38. The van der Waals surface area contributed by atoms with Gasteiger partial charge in [0.05, 0.1) is 16.6 Å². The summed E-state index contributed by atoms with van der Waals surface area (Å²) in [5.74, 6) is 1.35. The molecule has 3 nitrogen and oxygen atoms in total. The number of halogens is 1. The summed E-state index contributed by atoms with van der Waals surface area (Å²) < 4.78 is 13.2. The zero-order chi connectivity index (χ0) is 13.5. The second-order valence-corrected chi connectivity index (χ2v) is 5.75. The van der Waals surface area contributed by atoms with E-state index in [-0.39, 0.29) is 11.4 Å². The number of nitrogens with two attached hydrogens (primary N) is 1. The number of benzene rings is 1. The second kappa shape index (κ2) is 4.60. The monoisotopic (exact) mass is 261 g/mol. The number of hydrogen-bond donors (Lipinski definition) is 2. The van der Waals surface area contributed by atoms with Gasteiger partial charge in [-0.15, -0.1) is 0 Å². The predicted octanol–water partition coefficient (Wildman–Crippen LogP) is 3.46. The third kappa shape index (κ3) is 2.25. The van der Waals surface area contributed by atoms with Crippen LogP contribution in [-0.2, 0) is 5.54 Å². The Kier molecular flexibility index (Phi) is 3.05. The lowest BCUT2D eigenvalue weighted by atomic mass is 9.76. The fourth-order valence-electron chi connectivity index (χ4n) is 3.06. The van der Waals surface area contributed by atoms with Crippen LogP contribution in [0.2, 0.25) is 0 Å². The highest BCUT2D eigenvalue weighted by atomic mass is 19.1. The fourth-order valence-corrected chi connectivity index (χ4v) is 3.06. The van der Waals surface area contributed by atoms with Gasteiger partial charge in [0.1, 0.15) is 11.6 Å². The van der Waals surface area contributed by atoms with Crippen LogP contribution in [0.15, 0.2) is 18.2 Å². The largest absolute Gasteiger partial charge is 0.340 e. The molecule has 3 rings (SSSR count). The summed E-state index contributed by atoms with van der Waals surface area (Å²) >= 11 is 0. The SMILES string of the molecule is CCC1CCC(N)(c2nc3ccc(F)cc3[nH]2)CC1. The molecule has 0 amide bonds. The molecule has 1 aromatic heterocycles. The average molecular weight is 261 g/mol. The van der Waals surface area contributed by atoms with Gasteiger partial charge in [0.25, 0.3) is 0 Å². The zero-order valence-electron chi connectivity index (χ0n) is 11.2. The van der Waals surface area contributed by atoms with Crippen LogP contribution in [0.4, 0.5) is 4.39 Å². The third-order valence-corrected chi connectivity index (χ3v) is 4.49. The summed E-state index contributed by atoms with van der Waals surface area (Å²) in [7, 11) is 0. The first-order valence-electron chi connectivity index (χ1n) is 7.05. The predicted molar refractivity (Wildman–Crippen MR) is 74.2 cm³/mol. The molecule has 0 radical (unpaired) electrons. The van der Waals surface area contributed by atoms with Crippen LogP contribution in [0.25, 0.3) is 11.0 Å². The number of fused-ring (bicyclic) bond motifs is 1. The molecule has 1 aromatic carbocycles. The molecule has 0 spiro atoms. The van der Waals surface area contributed by atoms with Crippen molar-refractivity contribution in [1.82, 2.24) is 9.97 Å². The first-order chi connectivity index (χ1) is 9.10. The number of imidazole rings is 1. The number of H-pyrrole nitrogens is 1. The summed E-state index contributed by atoms with van der Waals surface area (Å²) in [6.45, 7) is 2.23. The van der Waals surface area contributed by atoms with E-state index in [0.29, 0.717) is 0 Å². The van der Waals surface area contributed by atoms with Crippen LogP contribution in [0.5, 0.6) is 0 Å². The van der Waals surface area contributed by atoms with Gasteiger partial charge in [-0.2, -0.15) is 0 Å². The Morgan fingerprint density at radius 1 is 1.42 bits per heavy atom. The lowest BCUT2D eigenvalue weighted by molar-refractivity contribution is 0.223. The van der Waals surface area contributed by atoms with E-state index < -0.39 is 0 Å². The van der Waals surface area contributed by atoms with Gasteiger partial charge in [0.2, 0.25) is 0 Å². The molecule has 1 fully saturated rings. The topological polar surface area (TPSA) is 54.7 Å². The first-order valence-corrected chi connectivity index (χ1v) is 7.05. The number of nitrogens with one attached hydrogen (secondary N) is 1. The lowest BCUT2D eigenvalue weighted by Gasteiger charge is -2.35. The molecule has 19 heavy (non-hydrogen) atoms. The summed E-state index contributed by atoms with van der Waals surface area (Å²) in [5.41, 5.74) is 7.66. The van der Waals surface area contributed by atoms with Gasteiger partial charge in [-0.25, -0.2) is 9.37 Å². The van der Waals surface area contributed by atoms with Crippen LogP contribution >= 0.6 is 0 Å². The molecule has 102 valence electrons. The molecule has 3 N–H and O–H groups in total. The zero-order valence-corrected chi connectivity index (χ0v) is 11.2. The fraction of sp³-hybridized carbons (Fsp3) is 0.533. The molecule has 1 heterocycles. The van der Waals surface area contributed by atoms with Gasteiger partial charge < -0.3 is 10.7 Å². The van der Waals surface area contributed by atoms with E-state index in [1.54, 1.807) is 6.07 Å². The Bertz CT molecular complexity index is 582.